The van der Waals surface area contributed by atoms with Gasteiger partial charge in [-0.15, -0.1) is 11.3 Å². The van der Waals surface area contributed by atoms with E-state index < -0.39 is 10.0 Å². The molecule has 2 N–H and O–H groups in total. The van der Waals surface area contributed by atoms with Gasteiger partial charge in [-0.1, -0.05) is 0 Å². The van der Waals surface area contributed by atoms with E-state index >= 15 is 0 Å². The van der Waals surface area contributed by atoms with Crippen molar-refractivity contribution < 1.29 is 23.0 Å². The van der Waals surface area contributed by atoms with Gasteiger partial charge in [0.2, 0.25) is 10.0 Å². The lowest BCUT2D eigenvalue weighted by molar-refractivity contribution is 0.0736. The molecule has 0 bridgehead atoms. The van der Waals surface area contributed by atoms with Gasteiger partial charge < -0.3 is 14.6 Å². The van der Waals surface area contributed by atoms with Gasteiger partial charge in [0.1, 0.15) is 0 Å². The molecule has 1 aromatic heterocycles. The number of hydrogen-bond acceptors (Lipinski definition) is 6. The van der Waals surface area contributed by atoms with Crippen LogP contribution in [-0.2, 0) is 26.1 Å². The zero-order valence-corrected chi connectivity index (χ0v) is 12.6. The molecule has 1 aromatic rings. The lowest BCUT2D eigenvalue weighted by Gasteiger charge is -2.06. The average Bonchev–Trinajstić information content (AvgIpc) is 2.76. The molecule has 0 aliphatic heterocycles. The van der Waals surface area contributed by atoms with Crippen LogP contribution in [0.2, 0.25) is 0 Å². The largest absolute Gasteiger partial charge is 0.391 e. The molecule has 8 heteroatoms. The van der Waals surface area contributed by atoms with Crippen molar-refractivity contribution in [2.45, 2.75) is 18.4 Å². The van der Waals surface area contributed by atoms with Crippen LogP contribution >= 0.6 is 11.3 Å². The van der Waals surface area contributed by atoms with E-state index in [1.807, 2.05) is 0 Å². The number of aliphatic hydroxyl groups excluding tert-OH is 1. The highest BCUT2D eigenvalue weighted by molar-refractivity contribution is 7.89. The number of ether oxygens (including phenoxy) is 2. The maximum atomic E-state index is 12.0. The fourth-order valence-corrected chi connectivity index (χ4v) is 3.95. The summed E-state index contributed by atoms with van der Waals surface area (Å²) < 4.78 is 36.4. The average molecular weight is 309 g/mol. The summed E-state index contributed by atoms with van der Waals surface area (Å²) in [6.45, 7) is 2.98. The molecule has 1 rings (SSSR count). The molecule has 1 heterocycles. The van der Waals surface area contributed by atoms with Gasteiger partial charge in [0.15, 0.2) is 0 Å². The maximum Gasteiger partial charge on any atom is 0.241 e. The number of aliphatic hydroxyl groups is 1. The van der Waals surface area contributed by atoms with Crippen molar-refractivity contribution >= 4 is 21.4 Å². The summed E-state index contributed by atoms with van der Waals surface area (Å²) in [5.41, 5.74) is 0. The fourth-order valence-electron chi connectivity index (χ4n) is 1.44. The summed E-state index contributed by atoms with van der Waals surface area (Å²) in [6, 6.07) is 1.49. The van der Waals surface area contributed by atoms with Gasteiger partial charge in [0, 0.05) is 23.4 Å². The molecule has 0 radical (unpaired) electrons. The van der Waals surface area contributed by atoms with Crippen LogP contribution in [0.25, 0.3) is 0 Å². The minimum atomic E-state index is -3.53. The SMILES string of the molecule is COCCOCCNS(=O)(=O)c1cc(CO)sc1C. The third-order valence-corrected chi connectivity index (χ3v) is 5.09. The van der Waals surface area contributed by atoms with E-state index in [0.717, 1.165) is 0 Å². The Labute approximate surface area is 117 Å². The van der Waals surface area contributed by atoms with Crippen LogP contribution in [0.5, 0.6) is 0 Å². The minimum absolute atomic E-state index is 0.152. The molecule has 0 aliphatic rings. The van der Waals surface area contributed by atoms with E-state index in [4.69, 9.17) is 14.6 Å². The third kappa shape index (κ3) is 5.17. The lowest BCUT2D eigenvalue weighted by Crippen LogP contribution is -2.28. The van der Waals surface area contributed by atoms with Crippen molar-refractivity contribution in [3.05, 3.63) is 15.8 Å². The van der Waals surface area contributed by atoms with Crippen molar-refractivity contribution in [3.63, 3.8) is 0 Å². The first kappa shape index (κ1) is 16.5. The van der Waals surface area contributed by atoms with E-state index in [1.165, 1.54) is 17.4 Å². The number of rotatable bonds is 9. The van der Waals surface area contributed by atoms with Crippen molar-refractivity contribution in [3.8, 4) is 0 Å². The number of sulfonamides is 1. The number of thiophene rings is 1. The van der Waals surface area contributed by atoms with E-state index in [9.17, 15) is 8.42 Å². The Morgan fingerprint density at radius 1 is 1.37 bits per heavy atom. The van der Waals surface area contributed by atoms with E-state index in [0.29, 0.717) is 29.6 Å². The van der Waals surface area contributed by atoms with E-state index in [1.54, 1.807) is 14.0 Å². The highest BCUT2D eigenvalue weighted by atomic mass is 32.2. The summed E-state index contributed by atoms with van der Waals surface area (Å²) in [5, 5.41) is 9.00. The molecule has 0 saturated carbocycles. The number of aryl methyl sites for hydroxylation is 1. The highest BCUT2D eigenvalue weighted by Crippen LogP contribution is 2.25. The number of nitrogens with one attached hydrogen (secondary N) is 1. The van der Waals surface area contributed by atoms with Crippen LogP contribution in [-0.4, -0.2) is 47.0 Å². The molecule has 0 saturated heterocycles. The Morgan fingerprint density at radius 3 is 2.68 bits per heavy atom. The van der Waals surface area contributed by atoms with Crippen LogP contribution in [0.1, 0.15) is 9.75 Å². The molecule has 110 valence electrons. The second kappa shape index (κ2) is 7.93. The van der Waals surface area contributed by atoms with Gasteiger partial charge in [-0.3, -0.25) is 0 Å². The van der Waals surface area contributed by atoms with Crippen LogP contribution in [0, 0.1) is 6.92 Å². The van der Waals surface area contributed by atoms with Crippen molar-refractivity contribution in [1.82, 2.24) is 4.72 Å². The zero-order valence-electron chi connectivity index (χ0n) is 11.0. The van der Waals surface area contributed by atoms with Crippen molar-refractivity contribution in [2.75, 3.05) is 33.5 Å². The topological polar surface area (TPSA) is 84.9 Å². The van der Waals surface area contributed by atoms with Crippen LogP contribution < -0.4 is 4.72 Å². The van der Waals surface area contributed by atoms with Gasteiger partial charge >= 0.3 is 0 Å². The first-order valence-electron chi connectivity index (χ1n) is 5.77. The quantitative estimate of drug-likeness (QED) is 0.649. The van der Waals surface area contributed by atoms with Crippen molar-refractivity contribution in [2.24, 2.45) is 0 Å². The standard InChI is InChI=1S/C11H19NO5S2/c1-9-11(7-10(8-13)18-9)19(14,15)12-3-4-17-6-5-16-2/h7,12-13H,3-6,8H2,1-2H3. The molecular formula is C11H19NO5S2. The second-order valence-corrected chi connectivity index (χ2v) is 6.87. The van der Waals surface area contributed by atoms with Gasteiger partial charge in [0.05, 0.1) is 31.3 Å². The van der Waals surface area contributed by atoms with Gasteiger partial charge in [-0.2, -0.15) is 0 Å². The molecule has 0 amide bonds. The summed E-state index contributed by atoms with van der Waals surface area (Å²) >= 11 is 1.27. The Hall–Kier alpha value is -0.510. The van der Waals surface area contributed by atoms with Crippen molar-refractivity contribution in [1.29, 1.82) is 0 Å². The predicted octanol–water partition coefficient (Wildman–Crippen LogP) is 0.490. The molecule has 19 heavy (non-hydrogen) atoms. The van der Waals surface area contributed by atoms with Gasteiger partial charge in [-0.05, 0) is 13.0 Å². The molecule has 0 aromatic carbocycles. The highest BCUT2D eigenvalue weighted by Gasteiger charge is 2.19. The predicted molar refractivity (Wildman–Crippen MR) is 72.9 cm³/mol. The molecule has 0 spiro atoms. The van der Waals surface area contributed by atoms with Crippen LogP contribution in [0.4, 0.5) is 0 Å². The molecule has 0 unspecified atom stereocenters. The van der Waals surface area contributed by atoms with Crippen LogP contribution in [0.3, 0.4) is 0 Å². The summed E-state index contributed by atoms with van der Waals surface area (Å²) in [5.74, 6) is 0. The monoisotopic (exact) mass is 309 g/mol. The zero-order chi connectivity index (χ0) is 14.3. The molecule has 0 aliphatic carbocycles. The Kier molecular flexibility index (Phi) is 6.90. The Morgan fingerprint density at radius 2 is 2.11 bits per heavy atom. The third-order valence-electron chi connectivity index (χ3n) is 2.34. The lowest BCUT2D eigenvalue weighted by atomic mass is 10.4. The minimum Gasteiger partial charge on any atom is -0.391 e. The Bertz CT molecular complexity index is 483. The second-order valence-electron chi connectivity index (χ2n) is 3.79. The number of hydrogen-bond donors (Lipinski definition) is 2. The summed E-state index contributed by atoms with van der Waals surface area (Å²) in [7, 11) is -1.96. The molecular weight excluding hydrogens is 290 g/mol. The van der Waals surface area contributed by atoms with Gasteiger partial charge in [-0.25, -0.2) is 13.1 Å². The maximum absolute atomic E-state index is 12.0. The molecule has 0 fully saturated rings. The van der Waals surface area contributed by atoms with Crippen LogP contribution in [0.15, 0.2) is 11.0 Å². The van der Waals surface area contributed by atoms with E-state index in [2.05, 4.69) is 4.72 Å². The normalized spacial score (nSPS) is 11.9. The summed E-state index contributed by atoms with van der Waals surface area (Å²) in [6.07, 6.45) is 0. The van der Waals surface area contributed by atoms with Gasteiger partial charge in [0.25, 0.3) is 0 Å². The smallest absolute Gasteiger partial charge is 0.241 e. The first-order valence-corrected chi connectivity index (χ1v) is 8.07. The van der Waals surface area contributed by atoms with E-state index in [-0.39, 0.29) is 18.0 Å². The first-order chi connectivity index (χ1) is 9.01. The summed E-state index contributed by atoms with van der Waals surface area (Å²) in [4.78, 5) is 1.52. The number of methoxy groups -OCH3 is 1. The Balaban J connectivity index is 2.49. The fraction of sp³-hybridized carbons (Fsp3) is 0.636. The molecule has 0 atom stereocenters. The molecule has 6 nitrogen and oxygen atoms in total.